The third-order valence-corrected chi connectivity index (χ3v) is 3.25. The number of nitrogens with two attached hydrogens (primary N) is 1. The first-order valence-corrected chi connectivity index (χ1v) is 5.86. The Kier molecular flexibility index (Phi) is 4.35. The van der Waals surface area contributed by atoms with Gasteiger partial charge in [0.1, 0.15) is 5.82 Å². The molecule has 0 fully saturated rings. The van der Waals surface area contributed by atoms with Gasteiger partial charge in [0.15, 0.2) is 5.78 Å². The van der Waals surface area contributed by atoms with Crippen LogP contribution < -0.4 is 5.73 Å². The smallest absolute Gasteiger partial charge is 0.319 e. The Morgan fingerprint density at radius 1 is 1.21 bits per heavy atom. The molecule has 0 radical (unpaired) electrons. The van der Waals surface area contributed by atoms with Gasteiger partial charge in [-0.15, -0.1) is 0 Å². The first-order chi connectivity index (χ1) is 8.65. The van der Waals surface area contributed by atoms with Gasteiger partial charge in [-0.1, -0.05) is 19.9 Å². The minimum Gasteiger partial charge on any atom is -0.319 e. The number of ketones is 1. The summed E-state index contributed by atoms with van der Waals surface area (Å²) >= 11 is 0. The highest BCUT2D eigenvalue weighted by Gasteiger charge is 2.36. The van der Waals surface area contributed by atoms with Crippen molar-refractivity contribution in [2.24, 2.45) is 5.73 Å². The van der Waals surface area contributed by atoms with Crippen LogP contribution in [0.3, 0.4) is 0 Å². The Bertz CT molecular complexity index is 478. The van der Waals surface area contributed by atoms with E-state index in [1.807, 2.05) is 0 Å². The minimum absolute atomic E-state index is 0.142. The van der Waals surface area contributed by atoms with Crippen molar-refractivity contribution >= 4 is 5.78 Å². The molecule has 0 bridgehead atoms. The van der Waals surface area contributed by atoms with Gasteiger partial charge in [0.2, 0.25) is 0 Å². The fourth-order valence-electron chi connectivity index (χ4n) is 1.74. The zero-order chi connectivity index (χ0) is 14.8. The van der Waals surface area contributed by atoms with Gasteiger partial charge in [-0.25, -0.2) is 4.39 Å². The molecule has 19 heavy (non-hydrogen) atoms. The molecule has 0 atom stereocenters. The van der Waals surface area contributed by atoms with Crippen molar-refractivity contribution in [2.75, 3.05) is 0 Å². The van der Waals surface area contributed by atoms with E-state index in [2.05, 4.69) is 0 Å². The number of hydrogen-bond donors (Lipinski definition) is 1. The van der Waals surface area contributed by atoms with Crippen molar-refractivity contribution in [3.63, 3.8) is 0 Å². The number of Topliss-reactive ketones (excluding diaryl/α,β-unsaturated/α-hetero) is 1. The number of halogens is 4. The lowest BCUT2D eigenvalue weighted by molar-refractivity contribution is -0.140. The van der Waals surface area contributed by atoms with Crippen molar-refractivity contribution in [2.45, 2.75) is 38.4 Å². The van der Waals surface area contributed by atoms with Crippen molar-refractivity contribution in [1.29, 1.82) is 0 Å². The van der Waals surface area contributed by atoms with Gasteiger partial charge in [0.05, 0.1) is 11.1 Å². The van der Waals surface area contributed by atoms with Crippen molar-refractivity contribution in [3.05, 3.63) is 35.1 Å². The molecular weight excluding hydrogens is 262 g/mol. The second kappa shape index (κ2) is 5.28. The predicted molar refractivity (Wildman–Crippen MR) is 63.2 cm³/mol. The highest BCUT2D eigenvalue weighted by molar-refractivity contribution is 6.03. The van der Waals surface area contributed by atoms with Gasteiger partial charge in [-0.3, -0.25) is 4.79 Å². The average molecular weight is 277 g/mol. The zero-order valence-electron chi connectivity index (χ0n) is 10.6. The topological polar surface area (TPSA) is 43.1 Å². The Balaban J connectivity index is 3.19. The van der Waals surface area contributed by atoms with Crippen molar-refractivity contribution < 1.29 is 22.4 Å². The van der Waals surface area contributed by atoms with E-state index in [0.29, 0.717) is 25.0 Å². The molecule has 106 valence electrons. The number of rotatable bonds is 4. The maximum atomic E-state index is 13.4. The van der Waals surface area contributed by atoms with Crippen LogP contribution in [0, 0.1) is 5.82 Å². The standard InChI is InChI=1S/C13H15F4NO/c1-3-12(18,4-2)11(19)8-5-6-9(10(14)7-8)13(15,16)17/h5-7H,3-4,18H2,1-2H3. The molecule has 1 aromatic carbocycles. The van der Waals surface area contributed by atoms with Gasteiger partial charge in [-0.2, -0.15) is 13.2 Å². The molecule has 0 unspecified atom stereocenters. The van der Waals surface area contributed by atoms with E-state index in [1.54, 1.807) is 13.8 Å². The van der Waals surface area contributed by atoms with Gasteiger partial charge in [0, 0.05) is 5.56 Å². The Morgan fingerprint density at radius 2 is 1.74 bits per heavy atom. The lowest BCUT2D eigenvalue weighted by Crippen LogP contribution is -2.46. The highest BCUT2D eigenvalue weighted by Crippen LogP contribution is 2.32. The number of alkyl halides is 3. The molecule has 0 heterocycles. The van der Waals surface area contributed by atoms with Gasteiger partial charge in [-0.05, 0) is 25.0 Å². The minimum atomic E-state index is -4.78. The third-order valence-electron chi connectivity index (χ3n) is 3.25. The van der Waals surface area contributed by atoms with Crippen LogP contribution in [0.5, 0.6) is 0 Å². The van der Waals surface area contributed by atoms with E-state index in [1.165, 1.54) is 0 Å². The number of benzene rings is 1. The quantitative estimate of drug-likeness (QED) is 0.675. The molecular formula is C13H15F4NO. The molecule has 0 aliphatic rings. The molecule has 0 spiro atoms. The van der Waals surface area contributed by atoms with Crippen LogP contribution in [0.4, 0.5) is 17.6 Å². The zero-order valence-corrected chi connectivity index (χ0v) is 10.6. The predicted octanol–water partition coefficient (Wildman–Crippen LogP) is 3.54. The normalized spacial score (nSPS) is 12.6. The first kappa shape index (κ1) is 15.6. The molecule has 0 amide bonds. The highest BCUT2D eigenvalue weighted by atomic mass is 19.4. The molecule has 2 nitrogen and oxygen atoms in total. The van der Waals surface area contributed by atoms with Crippen LogP contribution >= 0.6 is 0 Å². The molecule has 0 aliphatic carbocycles. The average Bonchev–Trinajstić information content (AvgIpc) is 2.35. The number of carbonyl (C=O) groups excluding carboxylic acids is 1. The monoisotopic (exact) mass is 277 g/mol. The second-order valence-electron chi connectivity index (χ2n) is 4.38. The maximum Gasteiger partial charge on any atom is 0.419 e. The Hall–Kier alpha value is -1.43. The largest absolute Gasteiger partial charge is 0.419 e. The molecule has 0 saturated heterocycles. The Labute approximate surface area is 108 Å². The molecule has 0 aromatic heterocycles. The molecule has 0 aliphatic heterocycles. The lowest BCUT2D eigenvalue weighted by Gasteiger charge is -2.25. The first-order valence-electron chi connectivity index (χ1n) is 5.86. The molecule has 1 rings (SSSR count). The summed E-state index contributed by atoms with van der Waals surface area (Å²) in [6.45, 7) is 3.39. The van der Waals surface area contributed by atoms with Crippen molar-refractivity contribution in [1.82, 2.24) is 0 Å². The van der Waals surface area contributed by atoms with E-state index < -0.39 is 28.9 Å². The summed E-state index contributed by atoms with van der Waals surface area (Å²) in [5, 5.41) is 0. The SMILES string of the molecule is CCC(N)(CC)C(=O)c1ccc(C(F)(F)F)c(F)c1. The summed E-state index contributed by atoms with van der Waals surface area (Å²) in [7, 11) is 0. The van der Waals surface area contributed by atoms with Gasteiger partial charge >= 0.3 is 6.18 Å². The van der Waals surface area contributed by atoms with Crippen LogP contribution in [-0.4, -0.2) is 11.3 Å². The second-order valence-corrected chi connectivity index (χ2v) is 4.38. The summed E-state index contributed by atoms with van der Waals surface area (Å²) in [5.41, 5.74) is 3.15. The number of carbonyl (C=O) groups is 1. The summed E-state index contributed by atoms with van der Waals surface area (Å²) in [6, 6.07) is 2.12. The van der Waals surface area contributed by atoms with E-state index >= 15 is 0 Å². The van der Waals surface area contributed by atoms with E-state index in [9.17, 15) is 22.4 Å². The van der Waals surface area contributed by atoms with Crippen LogP contribution in [0.1, 0.15) is 42.6 Å². The third kappa shape index (κ3) is 3.12. The number of hydrogen-bond acceptors (Lipinski definition) is 2. The summed E-state index contributed by atoms with van der Waals surface area (Å²) in [6.07, 6.45) is -4.13. The fourth-order valence-corrected chi connectivity index (χ4v) is 1.74. The van der Waals surface area contributed by atoms with E-state index in [0.717, 1.165) is 6.07 Å². The maximum absolute atomic E-state index is 13.4. The molecule has 2 N–H and O–H groups in total. The van der Waals surface area contributed by atoms with Crippen LogP contribution in [0.15, 0.2) is 18.2 Å². The molecule has 0 saturated carbocycles. The van der Waals surface area contributed by atoms with E-state index in [4.69, 9.17) is 5.73 Å². The lowest BCUT2D eigenvalue weighted by atomic mass is 9.85. The summed E-state index contributed by atoms with van der Waals surface area (Å²) in [4.78, 5) is 12.1. The summed E-state index contributed by atoms with van der Waals surface area (Å²) in [5.74, 6) is -2.02. The van der Waals surface area contributed by atoms with Gasteiger partial charge in [0.25, 0.3) is 0 Å². The molecule has 1 aromatic rings. The van der Waals surface area contributed by atoms with Gasteiger partial charge < -0.3 is 5.73 Å². The molecule has 6 heteroatoms. The van der Waals surface area contributed by atoms with E-state index in [-0.39, 0.29) is 5.56 Å². The van der Waals surface area contributed by atoms with Crippen LogP contribution in [0.25, 0.3) is 0 Å². The van der Waals surface area contributed by atoms with Crippen molar-refractivity contribution in [3.8, 4) is 0 Å². The fraction of sp³-hybridized carbons (Fsp3) is 0.462. The van der Waals surface area contributed by atoms with Crippen LogP contribution in [0.2, 0.25) is 0 Å². The summed E-state index contributed by atoms with van der Waals surface area (Å²) < 4.78 is 50.6. The van der Waals surface area contributed by atoms with Crippen LogP contribution in [-0.2, 0) is 6.18 Å². The Morgan fingerprint density at radius 3 is 2.11 bits per heavy atom.